The summed E-state index contributed by atoms with van der Waals surface area (Å²) in [4.78, 5) is 46.2. The van der Waals surface area contributed by atoms with E-state index < -0.39 is 30.1 Å². The van der Waals surface area contributed by atoms with Crippen molar-refractivity contribution < 1.29 is 38.9 Å². The Bertz CT molecular complexity index is 567. The quantitative estimate of drug-likeness (QED) is 0.157. The van der Waals surface area contributed by atoms with Crippen LogP contribution in [0.2, 0.25) is 0 Å². The maximum atomic E-state index is 12.2. The fourth-order valence-electron chi connectivity index (χ4n) is 3.29. The summed E-state index contributed by atoms with van der Waals surface area (Å²) in [6.07, 6.45) is 8.24. The molecule has 0 aromatic carbocycles. The van der Waals surface area contributed by atoms with Crippen molar-refractivity contribution >= 4 is 23.9 Å². The first-order chi connectivity index (χ1) is 15.8. The van der Waals surface area contributed by atoms with Crippen LogP contribution in [0, 0.1) is 0 Å². The molecule has 0 aliphatic rings. The standard InChI is InChI=1S/C24H43NO8/c1-3-5-7-9-11-12-23(30)32-18-20(33-24(31)13-10-8-6-4-2)17-25-19(16-22(28)29)14-15-21(26)27/h19-20,25H,3-18H2,1-2H3,(H,26,27)(H,28,29). The molecule has 0 spiro atoms. The highest BCUT2D eigenvalue weighted by Crippen LogP contribution is 2.09. The maximum absolute atomic E-state index is 12.2. The van der Waals surface area contributed by atoms with Crippen LogP contribution in [-0.4, -0.2) is 59.4 Å². The summed E-state index contributed by atoms with van der Waals surface area (Å²) in [5.74, 6) is -2.83. The summed E-state index contributed by atoms with van der Waals surface area (Å²) in [7, 11) is 0. The molecule has 0 aromatic heterocycles. The predicted molar refractivity (Wildman–Crippen MR) is 124 cm³/mol. The number of carbonyl (C=O) groups excluding carboxylic acids is 2. The Labute approximate surface area is 197 Å². The fraction of sp³-hybridized carbons (Fsp3) is 0.833. The third-order valence-corrected chi connectivity index (χ3v) is 5.21. The summed E-state index contributed by atoms with van der Waals surface area (Å²) in [5, 5.41) is 20.9. The fourth-order valence-corrected chi connectivity index (χ4v) is 3.29. The molecule has 0 saturated carbocycles. The monoisotopic (exact) mass is 473 g/mol. The lowest BCUT2D eigenvalue weighted by molar-refractivity contribution is -0.159. The zero-order valence-electron chi connectivity index (χ0n) is 20.3. The van der Waals surface area contributed by atoms with Crippen LogP contribution < -0.4 is 5.32 Å². The first-order valence-electron chi connectivity index (χ1n) is 12.3. The molecule has 0 rings (SSSR count). The van der Waals surface area contributed by atoms with E-state index in [1.807, 2.05) is 0 Å². The number of carbonyl (C=O) groups is 4. The molecule has 0 fully saturated rings. The molecule has 0 aliphatic carbocycles. The molecule has 192 valence electrons. The van der Waals surface area contributed by atoms with Crippen LogP contribution in [0.3, 0.4) is 0 Å². The van der Waals surface area contributed by atoms with Crippen LogP contribution in [0.25, 0.3) is 0 Å². The van der Waals surface area contributed by atoms with Gasteiger partial charge in [-0.15, -0.1) is 0 Å². The Balaban J connectivity index is 4.72. The van der Waals surface area contributed by atoms with Gasteiger partial charge in [0.05, 0.1) is 6.42 Å². The molecule has 0 amide bonds. The summed E-state index contributed by atoms with van der Waals surface area (Å²) < 4.78 is 10.8. The van der Waals surface area contributed by atoms with E-state index in [1.165, 1.54) is 0 Å². The van der Waals surface area contributed by atoms with Gasteiger partial charge >= 0.3 is 23.9 Å². The van der Waals surface area contributed by atoms with Crippen LogP contribution in [0.1, 0.15) is 104 Å². The van der Waals surface area contributed by atoms with E-state index in [0.717, 1.165) is 51.4 Å². The Morgan fingerprint density at radius 2 is 1.33 bits per heavy atom. The zero-order valence-corrected chi connectivity index (χ0v) is 20.3. The van der Waals surface area contributed by atoms with Crippen LogP contribution in [0.5, 0.6) is 0 Å². The summed E-state index contributed by atoms with van der Waals surface area (Å²) >= 11 is 0. The van der Waals surface area contributed by atoms with Gasteiger partial charge in [0.2, 0.25) is 0 Å². The number of hydrogen-bond donors (Lipinski definition) is 3. The third-order valence-electron chi connectivity index (χ3n) is 5.21. The van der Waals surface area contributed by atoms with Gasteiger partial charge in [0, 0.05) is 31.8 Å². The maximum Gasteiger partial charge on any atom is 0.306 e. The minimum absolute atomic E-state index is 0.0715. The Kier molecular flexibility index (Phi) is 19.1. The van der Waals surface area contributed by atoms with E-state index in [-0.39, 0.29) is 44.8 Å². The van der Waals surface area contributed by atoms with Crippen molar-refractivity contribution in [3.8, 4) is 0 Å². The van der Waals surface area contributed by atoms with Crippen molar-refractivity contribution in [2.45, 2.75) is 116 Å². The van der Waals surface area contributed by atoms with Gasteiger partial charge in [0.15, 0.2) is 0 Å². The van der Waals surface area contributed by atoms with Gasteiger partial charge in [-0.05, 0) is 19.3 Å². The molecule has 0 heterocycles. The van der Waals surface area contributed by atoms with Gasteiger partial charge in [-0.1, -0.05) is 58.8 Å². The zero-order chi connectivity index (χ0) is 24.9. The van der Waals surface area contributed by atoms with E-state index in [1.54, 1.807) is 0 Å². The van der Waals surface area contributed by atoms with E-state index in [4.69, 9.17) is 19.7 Å². The number of hydrogen-bond acceptors (Lipinski definition) is 7. The highest BCUT2D eigenvalue weighted by Gasteiger charge is 2.21. The summed E-state index contributed by atoms with van der Waals surface area (Å²) in [6.45, 7) is 4.15. The van der Waals surface area contributed by atoms with Crippen molar-refractivity contribution in [2.24, 2.45) is 0 Å². The molecule has 9 nitrogen and oxygen atoms in total. The number of unbranched alkanes of at least 4 members (excludes halogenated alkanes) is 7. The van der Waals surface area contributed by atoms with E-state index in [9.17, 15) is 19.2 Å². The lowest BCUT2D eigenvalue weighted by Gasteiger charge is -2.22. The first kappa shape index (κ1) is 30.8. The molecular formula is C24H43NO8. The van der Waals surface area contributed by atoms with Gasteiger partial charge in [-0.2, -0.15) is 0 Å². The Morgan fingerprint density at radius 3 is 1.91 bits per heavy atom. The van der Waals surface area contributed by atoms with E-state index >= 15 is 0 Å². The molecule has 0 aliphatic heterocycles. The third kappa shape index (κ3) is 20.2. The van der Waals surface area contributed by atoms with Crippen LogP contribution >= 0.6 is 0 Å². The summed E-state index contributed by atoms with van der Waals surface area (Å²) in [6, 6.07) is -0.598. The largest absolute Gasteiger partial charge is 0.481 e. The van der Waals surface area contributed by atoms with Crippen molar-refractivity contribution in [1.82, 2.24) is 5.32 Å². The Morgan fingerprint density at radius 1 is 0.758 bits per heavy atom. The molecule has 0 saturated heterocycles. The molecule has 3 N–H and O–H groups in total. The number of ether oxygens (including phenoxy) is 2. The molecule has 0 radical (unpaired) electrons. The minimum Gasteiger partial charge on any atom is -0.481 e. The van der Waals surface area contributed by atoms with Gasteiger partial charge < -0.3 is 25.0 Å². The number of carboxylic acids is 2. The molecule has 2 unspecified atom stereocenters. The molecular weight excluding hydrogens is 430 g/mol. The second-order valence-electron chi connectivity index (χ2n) is 8.41. The first-order valence-corrected chi connectivity index (χ1v) is 12.3. The van der Waals surface area contributed by atoms with E-state index in [0.29, 0.717) is 12.8 Å². The molecule has 0 bridgehead atoms. The van der Waals surface area contributed by atoms with Crippen LogP contribution in [-0.2, 0) is 28.7 Å². The topological polar surface area (TPSA) is 139 Å². The number of esters is 2. The second kappa shape index (κ2) is 20.4. The van der Waals surface area contributed by atoms with Crippen LogP contribution in [0.15, 0.2) is 0 Å². The number of rotatable bonds is 22. The SMILES string of the molecule is CCCCCCCC(=O)OCC(CNC(CCC(=O)O)CC(=O)O)OC(=O)CCCCCC. The summed E-state index contributed by atoms with van der Waals surface area (Å²) in [5.41, 5.74) is 0. The van der Waals surface area contributed by atoms with Gasteiger partial charge in [-0.3, -0.25) is 19.2 Å². The normalized spacial score (nSPS) is 12.7. The molecule has 33 heavy (non-hydrogen) atoms. The minimum atomic E-state index is -1.06. The van der Waals surface area contributed by atoms with Crippen molar-refractivity contribution in [3.63, 3.8) is 0 Å². The Hall–Kier alpha value is -2.16. The van der Waals surface area contributed by atoms with Gasteiger partial charge in [0.1, 0.15) is 12.7 Å². The highest BCUT2D eigenvalue weighted by molar-refractivity contribution is 5.70. The van der Waals surface area contributed by atoms with Crippen molar-refractivity contribution in [2.75, 3.05) is 13.2 Å². The predicted octanol–water partition coefficient (Wildman–Crippen LogP) is 4.07. The molecule has 9 heteroatoms. The lowest BCUT2D eigenvalue weighted by Crippen LogP contribution is -2.41. The van der Waals surface area contributed by atoms with Gasteiger partial charge in [0.25, 0.3) is 0 Å². The van der Waals surface area contributed by atoms with E-state index in [2.05, 4.69) is 19.2 Å². The number of carboxylic acid groups (broad SMARTS) is 2. The number of nitrogens with one attached hydrogen (secondary N) is 1. The highest BCUT2D eigenvalue weighted by atomic mass is 16.6. The molecule has 2 atom stereocenters. The lowest BCUT2D eigenvalue weighted by atomic mass is 10.1. The average molecular weight is 474 g/mol. The van der Waals surface area contributed by atoms with Gasteiger partial charge in [-0.25, -0.2) is 0 Å². The second-order valence-corrected chi connectivity index (χ2v) is 8.41. The van der Waals surface area contributed by atoms with Crippen molar-refractivity contribution in [3.05, 3.63) is 0 Å². The smallest absolute Gasteiger partial charge is 0.306 e. The average Bonchev–Trinajstić information content (AvgIpc) is 2.76. The van der Waals surface area contributed by atoms with Crippen molar-refractivity contribution in [1.29, 1.82) is 0 Å². The number of aliphatic carboxylic acids is 2. The van der Waals surface area contributed by atoms with Crippen LogP contribution in [0.4, 0.5) is 0 Å². The molecule has 0 aromatic rings.